The average Bonchev–Trinajstić information content (AvgIpc) is 1.53. The molecular weight excluding hydrogens is 1230 g/mol. The molecule has 0 bridgehead atoms. The number of ether oxygens (including phenoxy) is 4. The van der Waals surface area contributed by atoms with Crippen molar-refractivity contribution in [3.05, 3.63) is 0 Å². The molecule has 0 aromatic carbocycles. The third kappa shape index (κ3) is 67.3. The van der Waals surface area contributed by atoms with Gasteiger partial charge >= 0.3 is 39.5 Å². The van der Waals surface area contributed by atoms with Crippen molar-refractivity contribution in [1.29, 1.82) is 0 Å². The Morgan fingerprint density at radius 2 is 0.543 bits per heavy atom. The Morgan fingerprint density at radius 1 is 0.309 bits per heavy atom. The predicted molar refractivity (Wildman–Crippen MR) is 381 cm³/mol. The van der Waals surface area contributed by atoms with Gasteiger partial charge in [-0.1, -0.05) is 337 Å². The summed E-state index contributed by atoms with van der Waals surface area (Å²) < 4.78 is 68.3. The third-order valence-corrected chi connectivity index (χ3v) is 19.7. The Bertz CT molecular complexity index is 1820. The molecule has 0 saturated carbocycles. The minimum atomic E-state index is -4.95. The molecule has 19 heteroatoms. The highest BCUT2D eigenvalue weighted by atomic mass is 31.2. The Hall–Kier alpha value is -1.94. The number of hydrogen-bond donors (Lipinski definition) is 3. The van der Waals surface area contributed by atoms with Crippen LogP contribution in [0.25, 0.3) is 0 Å². The molecule has 0 aliphatic carbocycles. The highest BCUT2D eigenvalue weighted by molar-refractivity contribution is 7.47. The Morgan fingerprint density at radius 3 is 0.809 bits per heavy atom. The smallest absolute Gasteiger partial charge is 0.462 e. The summed E-state index contributed by atoms with van der Waals surface area (Å²) in [5, 5.41) is 10.6. The topological polar surface area (TPSA) is 237 Å². The first kappa shape index (κ1) is 92.1. The zero-order chi connectivity index (χ0) is 69.3. The monoisotopic (exact) mass is 1380 g/mol. The van der Waals surface area contributed by atoms with Gasteiger partial charge in [0.2, 0.25) is 0 Å². The van der Waals surface area contributed by atoms with Gasteiger partial charge in [-0.15, -0.1) is 0 Å². The van der Waals surface area contributed by atoms with Crippen LogP contribution in [0.15, 0.2) is 0 Å². The molecule has 0 spiro atoms. The highest BCUT2D eigenvalue weighted by Crippen LogP contribution is 2.45. The van der Waals surface area contributed by atoms with Crippen LogP contribution in [-0.2, 0) is 65.4 Å². The Balaban J connectivity index is 5.15. The van der Waals surface area contributed by atoms with Crippen LogP contribution < -0.4 is 0 Å². The Kier molecular flexibility index (Phi) is 65.5. The fraction of sp³-hybridized carbons (Fsp3) is 0.947. The maximum absolute atomic E-state index is 13.1. The highest BCUT2D eigenvalue weighted by Gasteiger charge is 2.30. The number of phosphoric acid groups is 2. The molecule has 0 rings (SSSR count). The lowest BCUT2D eigenvalue weighted by Gasteiger charge is -2.21. The molecule has 0 aromatic rings. The molecule has 558 valence electrons. The molecule has 0 amide bonds. The molecule has 0 fully saturated rings. The summed E-state index contributed by atoms with van der Waals surface area (Å²) in [4.78, 5) is 72.6. The van der Waals surface area contributed by atoms with Crippen LogP contribution >= 0.6 is 15.6 Å². The van der Waals surface area contributed by atoms with Gasteiger partial charge in [0.15, 0.2) is 12.2 Å². The standard InChI is InChI=1S/C75H146O17P2/c1-7-10-12-14-16-17-18-25-29-34-40-46-52-58-73(78)86-64-71(92-74(79)59-53-47-41-35-30-27-24-22-20-19-21-23-26-28-33-39-44-50-56-68(6)9-3)66-90-94(83,84)88-62-69(76)61-87-93(81,82)89-65-70(63-85-72(77)57-51-45-37-15-13-11-8-2)91-75(80)60-54-48-42-36-31-32-38-43-49-55-67(4)5/h67-71,76H,7-66H2,1-6H3,(H,81,82)(H,83,84)/t68?,69-,70+,71+/m0/s1. The van der Waals surface area contributed by atoms with E-state index in [1.165, 1.54) is 193 Å². The van der Waals surface area contributed by atoms with Gasteiger partial charge in [0, 0.05) is 25.7 Å². The molecule has 0 aliphatic heterocycles. The second kappa shape index (κ2) is 66.9. The lowest BCUT2D eigenvalue weighted by molar-refractivity contribution is -0.161. The summed E-state index contributed by atoms with van der Waals surface area (Å²) in [5.74, 6) is -0.514. The van der Waals surface area contributed by atoms with Crippen molar-refractivity contribution < 1.29 is 80.2 Å². The second-order valence-electron chi connectivity index (χ2n) is 27.8. The van der Waals surface area contributed by atoms with E-state index in [4.69, 9.17) is 37.0 Å². The van der Waals surface area contributed by atoms with Crippen molar-refractivity contribution >= 4 is 39.5 Å². The zero-order valence-electron chi connectivity index (χ0n) is 61.3. The first-order valence-corrected chi connectivity index (χ1v) is 42.0. The number of hydrogen-bond acceptors (Lipinski definition) is 15. The fourth-order valence-corrected chi connectivity index (χ4v) is 13.0. The number of unbranched alkanes of at least 4 members (excludes halogenated alkanes) is 43. The van der Waals surface area contributed by atoms with E-state index in [1.54, 1.807) is 0 Å². The van der Waals surface area contributed by atoms with Gasteiger partial charge in [-0.05, 0) is 37.5 Å². The summed E-state index contributed by atoms with van der Waals surface area (Å²) in [6, 6.07) is 0. The van der Waals surface area contributed by atoms with E-state index in [9.17, 15) is 43.2 Å². The van der Waals surface area contributed by atoms with Crippen LogP contribution in [0.4, 0.5) is 0 Å². The zero-order valence-corrected chi connectivity index (χ0v) is 63.1. The summed E-state index contributed by atoms with van der Waals surface area (Å²) >= 11 is 0. The lowest BCUT2D eigenvalue weighted by Crippen LogP contribution is -2.30. The minimum Gasteiger partial charge on any atom is -0.462 e. The normalized spacial score (nSPS) is 14.3. The lowest BCUT2D eigenvalue weighted by atomic mass is 9.99. The van der Waals surface area contributed by atoms with Crippen LogP contribution in [0.1, 0.15) is 388 Å². The van der Waals surface area contributed by atoms with E-state index in [2.05, 4.69) is 41.5 Å². The van der Waals surface area contributed by atoms with Crippen LogP contribution in [0, 0.1) is 11.8 Å². The molecule has 0 saturated heterocycles. The van der Waals surface area contributed by atoms with Gasteiger partial charge in [0.25, 0.3) is 0 Å². The second-order valence-corrected chi connectivity index (χ2v) is 30.7. The van der Waals surface area contributed by atoms with Gasteiger partial charge < -0.3 is 33.8 Å². The molecule has 17 nitrogen and oxygen atoms in total. The van der Waals surface area contributed by atoms with E-state index in [1.807, 2.05) is 0 Å². The number of aliphatic hydroxyl groups is 1. The minimum absolute atomic E-state index is 0.105. The van der Waals surface area contributed by atoms with Crippen molar-refractivity contribution in [3.63, 3.8) is 0 Å². The fourth-order valence-electron chi connectivity index (χ4n) is 11.4. The molecular formula is C75H146O17P2. The molecule has 3 unspecified atom stereocenters. The van der Waals surface area contributed by atoms with Crippen LogP contribution in [-0.4, -0.2) is 96.7 Å². The quantitative estimate of drug-likeness (QED) is 0.0222. The van der Waals surface area contributed by atoms with Gasteiger partial charge in [-0.3, -0.25) is 37.3 Å². The van der Waals surface area contributed by atoms with E-state index >= 15 is 0 Å². The number of aliphatic hydroxyl groups excluding tert-OH is 1. The Labute approximate surface area is 575 Å². The number of carbonyl (C=O) groups excluding carboxylic acids is 4. The molecule has 94 heavy (non-hydrogen) atoms. The van der Waals surface area contributed by atoms with E-state index in [-0.39, 0.29) is 25.7 Å². The van der Waals surface area contributed by atoms with E-state index in [0.29, 0.717) is 25.7 Å². The van der Waals surface area contributed by atoms with Gasteiger partial charge in [0.1, 0.15) is 19.3 Å². The predicted octanol–water partition coefficient (Wildman–Crippen LogP) is 21.9. The molecule has 0 heterocycles. The maximum Gasteiger partial charge on any atom is 0.472 e. The maximum atomic E-state index is 13.1. The van der Waals surface area contributed by atoms with Crippen molar-refractivity contribution in [2.24, 2.45) is 11.8 Å². The van der Waals surface area contributed by atoms with Crippen molar-refractivity contribution in [1.82, 2.24) is 0 Å². The van der Waals surface area contributed by atoms with Crippen molar-refractivity contribution in [2.75, 3.05) is 39.6 Å². The van der Waals surface area contributed by atoms with Gasteiger partial charge in [0.05, 0.1) is 26.4 Å². The van der Waals surface area contributed by atoms with Gasteiger partial charge in [-0.25, -0.2) is 9.13 Å². The third-order valence-electron chi connectivity index (χ3n) is 17.8. The number of esters is 4. The molecule has 3 N–H and O–H groups in total. The molecule has 0 aliphatic rings. The first-order valence-electron chi connectivity index (χ1n) is 39.0. The summed E-state index contributed by atoms with van der Waals surface area (Å²) in [5.41, 5.74) is 0. The van der Waals surface area contributed by atoms with Crippen molar-refractivity contribution in [3.8, 4) is 0 Å². The number of rotatable bonds is 74. The van der Waals surface area contributed by atoms with E-state index < -0.39 is 97.5 Å². The van der Waals surface area contributed by atoms with Crippen LogP contribution in [0.2, 0.25) is 0 Å². The van der Waals surface area contributed by atoms with Gasteiger partial charge in [-0.2, -0.15) is 0 Å². The van der Waals surface area contributed by atoms with E-state index in [0.717, 1.165) is 115 Å². The first-order chi connectivity index (χ1) is 45.4. The van der Waals surface area contributed by atoms with Crippen LogP contribution in [0.3, 0.4) is 0 Å². The SMILES string of the molecule is CCCCCCCCCCCCCCCC(=O)OC[C@H](COP(=O)(O)OC[C@@H](O)COP(=O)(O)OC[C@@H](COC(=O)CCCCCCCCC)OC(=O)CCCCCCCCCCCC(C)C)OC(=O)CCCCCCCCCCCCCCCCCCCCC(C)CC. The summed E-state index contributed by atoms with van der Waals surface area (Å²) in [7, 11) is -9.90. The van der Waals surface area contributed by atoms with Crippen LogP contribution in [0.5, 0.6) is 0 Å². The average molecular weight is 1380 g/mol. The molecule has 0 aromatic heterocycles. The molecule has 0 radical (unpaired) electrons. The summed E-state index contributed by atoms with van der Waals surface area (Å²) in [6.45, 7) is 9.59. The number of carbonyl (C=O) groups is 4. The largest absolute Gasteiger partial charge is 0.472 e. The summed E-state index contributed by atoms with van der Waals surface area (Å²) in [6.07, 6.45) is 54.3. The number of phosphoric ester groups is 2. The molecule has 6 atom stereocenters. The van der Waals surface area contributed by atoms with Crippen molar-refractivity contribution in [2.45, 2.75) is 407 Å².